The van der Waals surface area contributed by atoms with E-state index in [1.54, 1.807) is 6.07 Å². The minimum atomic E-state index is -4.86. The van der Waals surface area contributed by atoms with Gasteiger partial charge < -0.3 is 10.1 Å². The summed E-state index contributed by atoms with van der Waals surface area (Å²) < 4.78 is 55.2. The van der Waals surface area contributed by atoms with Crippen LogP contribution in [-0.2, 0) is 4.79 Å². The number of benzene rings is 2. The van der Waals surface area contributed by atoms with Crippen molar-refractivity contribution in [2.45, 2.75) is 6.36 Å². The van der Waals surface area contributed by atoms with E-state index in [0.717, 1.165) is 12.1 Å². The molecule has 2 aromatic carbocycles. The van der Waals surface area contributed by atoms with Gasteiger partial charge in [-0.15, -0.1) is 13.2 Å². The fraction of sp³-hybridized carbons (Fsp3) is 0.125. The number of nitrogens with one attached hydrogen (secondary N) is 1. The molecular weight excluding hydrogens is 328 g/mol. The Kier molecular flexibility index (Phi) is 3.96. The number of hydrogen-bond acceptors (Lipinski definition) is 3. The van der Waals surface area contributed by atoms with Gasteiger partial charge in [0.05, 0.1) is 11.4 Å². The van der Waals surface area contributed by atoms with Gasteiger partial charge >= 0.3 is 6.36 Å². The minimum absolute atomic E-state index is 0.0778. The van der Waals surface area contributed by atoms with Gasteiger partial charge in [0.1, 0.15) is 18.1 Å². The Bertz CT molecular complexity index is 831. The first kappa shape index (κ1) is 16.0. The molecule has 0 atom stereocenters. The minimum Gasteiger partial charge on any atom is -0.406 e. The summed E-state index contributed by atoms with van der Waals surface area (Å²) >= 11 is 0. The van der Waals surface area contributed by atoms with Crippen LogP contribution in [0.1, 0.15) is 11.1 Å². The number of aliphatic imine (C=N–C) groups is 1. The molecule has 0 spiro atoms. The number of rotatable bonds is 2. The first-order chi connectivity index (χ1) is 11.3. The van der Waals surface area contributed by atoms with Crippen molar-refractivity contribution in [1.82, 2.24) is 0 Å². The SMILES string of the molecule is O=C1CN=C(c2ccccc2F)c2cc(OC(F)(F)F)ccc2N1. The maximum Gasteiger partial charge on any atom is 0.573 e. The second kappa shape index (κ2) is 5.95. The van der Waals surface area contributed by atoms with Crippen molar-refractivity contribution in [3.63, 3.8) is 0 Å². The van der Waals surface area contributed by atoms with E-state index in [1.165, 1.54) is 24.3 Å². The Labute approximate surface area is 133 Å². The maximum absolute atomic E-state index is 14.1. The number of ether oxygens (including phenoxy) is 1. The van der Waals surface area contributed by atoms with Crippen LogP contribution < -0.4 is 10.1 Å². The van der Waals surface area contributed by atoms with E-state index in [4.69, 9.17) is 0 Å². The molecule has 1 N–H and O–H groups in total. The third kappa shape index (κ3) is 3.37. The van der Waals surface area contributed by atoms with E-state index < -0.39 is 23.8 Å². The highest BCUT2D eigenvalue weighted by atomic mass is 19.4. The molecule has 24 heavy (non-hydrogen) atoms. The molecule has 1 amide bonds. The van der Waals surface area contributed by atoms with Crippen LogP contribution in [0.15, 0.2) is 47.5 Å². The van der Waals surface area contributed by atoms with Gasteiger partial charge in [-0.05, 0) is 30.3 Å². The van der Waals surface area contributed by atoms with Crippen LogP contribution in [0.3, 0.4) is 0 Å². The van der Waals surface area contributed by atoms with Gasteiger partial charge in [-0.3, -0.25) is 9.79 Å². The van der Waals surface area contributed by atoms with E-state index in [0.29, 0.717) is 0 Å². The molecule has 0 saturated heterocycles. The molecular formula is C16H10F4N2O2. The molecule has 1 aliphatic heterocycles. The topological polar surface area (TPSA) is 50.7 Å². The second-order valence-corrected chi connectivity index (χ2v) is 4.95. The smallest absolute Gasteiger partial charge is 0.406 e. The molecule has 124 valence electrons. The molecule has 1 heterocycles. The molecule has 0 radical (unpaired) electrons. The van der Waals surface area contributed by atoms with E-state index >= 15 is 0 Å². The summed E-state index contributed by atoms with van der Waals surface area (Å²) in [6.45, 7) is -0.270. The number of fused-ring (bicyclic) bond motifs is 1. The highest BCUT2D eigenvalue weighted by Gasteiger charge is 2.32. The Morgan fingerprint density at radius 3 is 2.54 bits per heavy atom. The quantitative estimate of drug-likeness (QED) is 0.852. The standard InChI is InChI=1S/C16H10F4N2O2/c17-12-4-2-1-3-10(12)15-11-7-9(24-16(18,19)20)5-6-13(11)22-14(23)8-21-15/h1-7H,8H2,(H,22,23). The van der Waals surface area contributed by atoms with Gasteiger partial charge in [-0.2, -0.15) is 0 Å². The fourth-order valence-electron chi connectivity index (χ4n) is 2.33. The predicted octanol–water partition coefficient (Wildman–Crippen LogP) is 3.51. The number of carbonyl (C=O) groups excluding carboxylic acids is 1. The molecule has 4 nitrogen and oxygen atoms in total. The average molecular weight is 338 g/mol. The van der Waals surface area contributed by atoms with Crippen LogP contribution in [0.5, 0.6) is 5.75 Å². The van der Waals surface area contributed by atoms with Crippen molar-refractivity contribution in [2.24, 2.45) is 4.99 Å². The molecule has 1 aliphatic rings. The zero-order chi connectivity index (χ0) is 17.3. The van der Waals surface area contributed by atoms with Crippen LogP contribution in [0.25, 0.3) is 0 Å². The van der Waals surface area contributed by atoms with Gasteiger partial charge in [0.25, 0.3) is 0 Å². The molecule has 2 aromatic rings. The summed E-state index contributed by atoms with van der Waals surface area (Å²) in [5.41, 5.74) is 0.537. The highest BCUT2D eigenvalue weighted by molar-refractivity contribution is 6.19. The number of amides is 1. The molecule has 0 unspecified atom stereocenters. The lowest BCUT2D eigenvalue weighted by Gasteiger charge is -2.14. The number of carbonyl (C=O) groups is 1. The summed E-state index contributed by atoms with van der Waals surface area (Å²) in [5, 5.41) is 2.52. The number of alkyl halides is 3. The van der Waals surface area contributed by atoms with Crippen molar-refractivity contribution in [3.8, 4) is 5.75 Å². The van der Waals surface area contributed by atoms with Crippen molar-refractivity contribution < 1.29 is 27.1 Å². The molecule has 0 fully saturated rings. The van der Waals surface area contributed by atoms with Gasteiger partial charge in [0, 0.05) is 11.1 Å². The number of benzodiazepines with no additional fused rings is 1. The van der Waals surface area contributed by atoms with E-state index in [-0.39, 0.29) is 29.1 Å². The number of hydrogen-bond donors (Lipinski definition) is 1. The maximum atomic E-state index is 14.1. The van der Waals surface area contributed by atoms with Crippen LogP contribution in [-0.4, -0.2) is 24.5 Å². The zero-order valence-corrected chi connectivity index (χ0v) is 12.0. The highest BCUT2D eigenvalue weighted by Crippen LogP contribution is 2.30. The van der Waals surface area contributed by atoms with Crippen LogP contribution in [0.2, 0.25) is 0 Å². The Morgan fingerprint density at radius 2 is 1.83 bits per heavy atom. The summed E-state index contributed by atoms with van der Waals surface area (Å²) in [6.07, 6.45) is -4.86. The largest absolute Gasteiger partial charge is 0.573 e. The van der Waals surface area contributed by atoms with Crippen molar-refractivity contribution in [2.75, 3.05) is 11.9 Å². The summed E-state index contributed by atoms with van der Waals surface area (Å²) in [4.78, 5) is 15.7. The van der Waals surface area contributed by atoms with Gasteiger partial charge in [0.15, 0.2) is 0 Å². The van der Waals surface area contributed by atoms with Crippen molar-refractivity contribution >= 4 is 17.3 Å². The lowest BCUT2D eigenvalue weighted by molar-refractivity contribution is -0.274. The van der Waals surface area contributed by atoms with Crippen molar-refractivity contribution in [1.29, 1.82) is 0 Å². The fourth-order valence-corrected chi connectivity index (χ4v) is 2.33. The normalized spacial score (nSPS) is 14.3. The first-order valence-corrected chi connectivity index (χ1v) is 6.83. The van der Waals surface area contributed by atoms with Gasteiger partial charge in [-0.25, -0.2) is 4.39 Å². The Hall–Kier alpha value is -2.90. The first-order valence-electron chi connectivity index (χ1n) is 6.83. The van der Waals surface area contributed by atoms with Crippen LogP contribution in [0, 0.1) is 5.82 Å². The molecule has 0 aromatic heterocycles. The molecule has 0 aliphatic carbocycles. The summed E-state index contributed by atoms with van der Waals surface area (Å²) in [5.74, 6) is -1.53. The third-order valence-corrected chi connectivity index (χ3v) is 3.26. The van der Waals surface area contributed by atoms with E-state index in [9.17, 15) is 22.4 Å². The summed E-state index contributed by atoms with van der Waals surface area (Å²) in [7, 11) is 0. The average Bonchev–Trinajstić information content (AvgIpc) is 2.65. The number of anilines is 1. The monoisotopic (exact) mass is 338 g/mol. The molecule has 8 heteroatoms. The van der Waals surface area contributed by atoms with E-state index in [2.05, 4.69) is 15.0 Å². The van der Waals surface area contributed by atoms with Crippen LogP contribution in [0.4, 0.5) is 23.2 Å². The molecule has 3 rings (SSSR count). The lowest BCUT2D eigenvalue weighted by Crippen LogP contribution is -2.18. The van der Waals surface area contributed by atoms with E-state index in [1.807, 2.05) is 0 Å². The Morgan fingerprint density at radius 1 is 1.08 bits per heavy atom. The summed E-state index contributed by atoms with van der Waals surface area (Å²) in [6, 6.07) is 9.08. The predicted molar refractivity (Wildman–Crippen MR) is 78.7 cm³/mol. The molecule has 0 saturated carbocycles. The lowest BCUT2D eigenvalue weighted by atomic mass is 10.00. The molecule has 0 bridgehead atoms. The zero-order valence-electron chi connectivity index (χ0n) is 12.0. The van der Waals surface area contributed by atoms with Gasteiger partial charge in [0.2, 0.25) is 5.91 Å². The Balaban J connectivity index is 2.13. The number of halogens is 4. The third-order valence-electron chi connectivity index (χ3n) is 3.26. The number of nitrogens with zero attached hydrogens (tertiary/aromatic N) is 1. The van der Waals surface area contributed by atoms with Crippen molar-refractivity contribution in [3.05, 3.63) is 59.4 Å². The van der Waals surface area contributed by atoms with Gasteiger partial charge in [-0.1, -0.05) is 12.1 Å². The second-order valence-electron chi connectivity index (χ2n) is 4.95. The van der Waals surface area contributed by atoms with Crippen LogP contribution >= 0.6 is 0 Å².